The van der Waals surface area contributed by atoms with Crippen molar-refractivity contribution in [2.75, 3.05) is 43.0 Å². The molecule has 3 aromatic heterocycles. The number of halogens is 2. The number of carboxylic acid groups (broad SMARTS) is 1. The number of thiazole rings is 1. The molecule has 0 bridgehead atoms. The number of β-amino-alcohol motifs (C(OH)–C–C–N with tert-alkyl or cyclic N) is 1. The van der Waals surface area contributed by atoms with Crippen molar-refractivity contribution in [2.45, 2.75) is 56.6 Å². The van der Waals surface area contributed by atoms with Gasteiger partial charge in [-0.15, -0.1) is 0 Å². The molecule has 11 nitrogen and oxygen atoms in total. The monoisotopic (exact) mass is 611 g/mol. The molecule has 226 valence electrons. The van der Waals surface area contributed by atoms with Gasteiger partial charge in [0, 0.05) is 24.8 Å². The van der Waals surface area contributed by atoms with Crippen LogP contribution in [0.2, 0.25) is 0 Å². The fourth-order valence-electron chi connectivity index (χ4n) is 6.89. The quantitative estimate of drug-likeness (QED) is 0.272. The number of carbonyl (C=O) groups is 1. The lowest BCUT2D eigenvalue weighted by Crippen LogP contribution is -2.46. The highest BCUT2D eigenvalue weighted by atomic mass is 32.1. The van der Waals surface area contributed by atoms with Crippen molar-refractivity contribution < 1.29 is 28.5 Å². The molecule has 0 spiro atoms. The molecule has 43 heavy (non-hydrogen) atoms. The van der Waals surface area contributed by atoms with E-state index in [4.69, 9.17) is 14.8 Å². The fraction of sp³-hybridized carbons (Fsp3) is 0.483. The van der Waals surface area contributed by atoms with E-state index in [2.05, 4.69) is 25.2 Å². The number of fused-ring (bicyclic) bond motifs is 3. The molecule has 0 saturated carbocycles. The standard InChI is InChI=1S/C29H31F2N7O4S/c1-28(41)7-2-10-37(14-28)24-17-13-32-20(16-5-6-18(30)23-22(16)34-26(43-23)36-27(39)40)19(31)21(17)33-25(35-24)42-15-29-8-3-11-38(29)12-4-9-29/h5-6,13,41H,2-4,7-12,14-15H2,1H3,(H,34,36)(H,39,40)/t28-/m1/s1. The summed E-state index contributed by atoms with van der Waals surface area (Å²) in [6.07, 6.45) is 5.75. The topological polar surface area (TPSA) is 137 Å². The second kappa shape index (κ2) is 10.5. The molecule has 4 aromatic rings. The van der Waals surface area contributed by atoms with Gasteiger partial charge in [0.2, 0.25) is 0 Å². The summed E-state index contributed by atoms with van der Waals surface area (Å²) < 4.78 is 37.5. The normalized spacial score (nSPS) is 21.9. The van der Waals surface area contributed by atoms with Gasteiger partial charge in [0.25, 0.3) is 0 Å². The average molecular weight is 612 g/mol. The van der Waals surface area contributed by atoms with Gasteiger partial charge in [-0.2, -0.15) is 9.97 Å². The van der Waals surface area contributed by atoms with Gasteiger partial charge in [0.05, 0.1) is 26.7 Å². The molecule has 3 saturated heterocycles. The van der Waals surface area contributed by atoms with Crippen LogP contribution < -0.4 is 15.0 Å². The van der Waals surface area contributed by atoms with Crippen LogP contribution in [0.1, 0.15) is 45.4 Å². The van der Waals surface area contributed by atoms with Gasteiger partial charge < -0.3 is 19.8 Å². The number of aliphatic hydroxyl groups is 1. The minimum absolute atomic E-state index is 0.0148. The number of hydrogen-bond donors (Lipinski definition) is 3. The molecule has 3 aliphatic rings. The van der Waals surface area contributed by atoms with E-state index in [0.29, 0.717) is 37.3 Å². The number of hydrogen-bond acceptors (Lipinski definition) is 10. The summed E-state index contributed by atoms with van der Waals surface area (Å²) in [4.78, 5) is 33.4. The van der Waals surface area contributed by atoms with Crippen molar-refractivity contribution in [3.63, 3.8) is 0 Å². The number of ether oxygens (including phenoxy) is 1. The van der Waals surface area contributed by atoms with Crippen molar-refractivity contribution in [1.29, 1.82) is 0 Å². The zero-order valence-corrected chi connectivity index (χ0v) is 24.4. The smallest absolute Gasteiger partial charge is 0.410 e. The van der Waals surface area contributed by atoms with E-state index in [9.17, 15) is 14.3 Å². The Morgan fingerprint density at radius 2 is 1.86 bits per heavy atom. The molecule has 6 heterocycles. The van der Waals surface area contributed by atoms with Crippen molar-refractivity contribution in [3.05, 3.63) is 30.0 Å². The second-order valence-corrected chi connectivity index (χ2v) is 13.0. The van der Waals surface area contributed by atoms with E-state index in [1.165, 1.54) is 18.3 Å². The maximum Gasteiger partial charge on any atom is 0.410 e. The predicted molar refractivity (Wildman–Crippen MR) is 158 cm³/mol. The average Bonchev–Trinajstić information content (AvgIpc) is 3.66. The summed E-state index contributed by atoms with van der Waals surface area (Å²) >= 11 is 0.811. The highest BCUT2D eigenvalue weighted by Crippen LogP contribution is 2.41. The summed E-state index contributed by atoms with van der Waals surface area (Å²) in [5.41, 5.74) is -0.858. The van der Waals surface area contributed by atoms with Crippen molar-refractivity contribution in [1.82, 2.24) is 24.8 Å². The Hall–Kier alpha value is -3.75. The lowest BCUT2D eigenvalue weighted by Gasteiger charge is -2.38. The van der Waals surface area contributed by atoms with Crippen LogP contribution in [-0.2, 0) is 0 Å². The van der Waals surface area contributed by atoms with E-state index in [-0.39, 0.29) is 43.7 Å². The van der Waals surface area contributed by atoms with Crippen LogP contribution in [-0.4, -0.2) is 85.1 Å². The maximum absolute atomic E-state index is 16.5. The molecular formula is C29H31F2N7O4S. The first-order valence-electron chi connectivity index (χ1n) is 14.4. The first kappa shape index (κ1) is 28.0. The third kappa shape index (κ3) is 5.00. The van der Waals surface area contributed by atoms with Crippen LogP contribution >= 0.6 is 11.3 Å². The minimum Gasteiger partial charge on any atom is -0.465 e. The van der Waals surface area contributed by atoms with Crippen LogP contribution in [0.15, 0.2) is 18.3 Å². The predicted octanol–water partition coefficient (Wildman–Crippen LogP) is 5.03. The molecule has 0 radical (unpaired) electrons. The van der Waals surface area contributed by atoms with E-state index in [1.807, 2.05) is 4.90 Å². The Bertz CT molecular complexity index is 1740. The summed E-state index contributed by atoms with van der Waals surface area (Å²) in [6, 6.07) is 2.59. The van der Waals surface area contributed by atoms with Gasteiger partial charge in [-0.1, -0.05) is 11.3 Å². The Balaban J connectivity index is 1.34. The van der Waals surface area contributed by atoms with Gasteiger partial charge in [-0.05, 0) is 70.7 Å². The van der Waals surface area contributed by atoms with Crippen molar-refractivity contribution >= 4 is 49.5 Å². The summed E-state index contributed by atoms with van der Waals surface area (Å²) in [7, 11) is 0. The lowest BCUT2D eigenvalue weighted by atomic mass is 9.95. The summed E-state index contributed by atoms with van der Waals surface area (Å²) in [5, 5.41) is 22.4. The molecule has 1 aromatic carbocycles. The summed E-state index contributed by atoms with van der Waals surface area (Å²) in [6.45, 7) is 5.15. The van der Waals surface area contributed by atoms with Gasteiger partial charge in [0.15, 0.2) is 10.9 Å². The molecule has 3 aliphatic heterocycles. The first-order valence-corrected chi connectivity index (χ1v) is 15.2. The fourth-order valence-corrected chi connectivity index (χ4v) is 7.77. The number of anilines is 2. The summed E-state index contributed by atoms with van der Waals surface area (Å²) in [5.74, 6) is -0.943. The molecule has 1 amide bonds. The van der Waals surface area contributed by atoms with E-state index >= 15 is 4.39 Å². The molecule has 7 rings (SSSR count). The second-order valence-electron chi connectivity index (χ2n) is 12.0. The van der Waals surface area contributed by atoms with Gasteiger partial charge in [-0.25, -0.2) is 18.6 Å². The van der Waals surface area contributed by atoms with Crippen molar-refractivity contribution in [3.8, 4) is 17.3 Å². The molecule has 0 unspecified atom stereocenters. The Kier molecular flexibility index (Phi) is 6.82. The Labute approximate surface area is 249 Å². The number of benzene rings is 1. The highest BCUT2D eigenvalue weighted by Gasteiger charge is 2.45. The zero-order valence-electron chi connectivity index (χ0n) is 23.6. The molecule has 3 N–H and O–H groups in total. The van der Waals surface area contributed by atoms with Crippen LogP contribution in [0.5, 0.6) is 6.01 Å². The van der Waals surface area contributed by atoms with Crippen LogP contribution in [0.3, 0.4) is 0 Å². The molecule has 1 atom stereocenters. The molecular weight excluding hydrogens is 580 g/mol. The number of nitrogens with zero attached hydrogens (tertiary/aromatic N) is 6. The van der Waals surface area contributed by atoms with Crippen LogP contribution in [0, 0.1) is 11.6 Å². The van der Waals surface area contributed by atoms with Gasteiger partial charge in [0.1, 0.15) is 29.5 Å². The molecule has 14 heteroatoms. The molecule has 3 fully saturated rings. The Morgan fingerprint density at radius 1 is 1.09 bits per heavy atom. The minimum atomic E-state index is -1.35. The number of aromatic nitrogens is 4. The van der Waals surface area contributed by atoms with Crippen molar-refractivity contribution in [2.24, 2.45) is 0 Å². The number of amides is 1. The SMILES string of the molecule is C[C@@]1(O)CCCN(c2nc(OCC34CCCN3CCC4)nc3c(F)c(-c4ccc(F)c5sc(NC(=O)O)nc45)ncc23)C1. The number of pyridine rings is 1. The van der Waals surface area contributed by atoms with E-state index in [1.54, 1.807) is 6.92 Å². The van der Waals surface area contributed by atoms with Crippen LogP contribution in [0.25, 0.3) is 32.4 Å². The number of rotatable bonds is 6. The van der Waals surface area contributed by atoms with Crippen LogP contribution in [0.4, 0.5) is 24.5 Å². The Morgan fingerprint density at radius 3 is 2.60 bits per heavy atom. The number of nitrogens with one attached hydrogen (secondary N) is 1. The van der Waals surface area contributed by atoms with Gasteiger partial charge >= 0.3 is 12.1 Å². The van der Waals surface area contributed by atoms with Gasteiger partial charge in [-0.3, -0.25) is 15.2 Å². The first-order chi connectivity index (χ1) is 20.6. The van der Waals surface area contributed by atoms with E-state index in [0.717, 1.165) is 56.5 Å². The number of piperidine rings is 1. The largest absolute Gasteiger partial charge is 0.465 e. The zero-order chi connectivity index (χ0) is 29.9. The third-order valence-corrected chi connectivity index (χ3v) is 9.84. The molecule has 0 aliphatic carbocycles. The highest BCUT2D eigenvalue weighted by molar-refractivity contribution is 7.22. The maximum atomic E-state index is 16.5. The van der Waals surface area contributed by atoms with E-state index < -0.39 is 23.3 Å². The lowest BCUT2D eigenvalue weighted by molar-refractivity contribution is 0.0447. The third-order valence-electron chi connectivity index (χ3n) is 8.86.